The molecule has 2 aromatic rings. The lowest BCUT2D eigenvalue weighted by atomic mass is 10.1. The Labute approximate surface area is 122 Å². The minimum absolute atomic E-state index is 0.0155. The van der Waals surface area contributed by atoms with Gasteiger partial charge in [0.25, 0.3) is 5.91 Å². The molecular formula is C14H14N2O4S. The third kappa shape index (κ3) is 3.13. The van der Waals surface area contributed by atoms with Crippen LogP contribution in [-0.2, 0) is 9.84 Å². The van der Waals surface area contributed by atoms with Crippen molar-refractivity contribution in [2.24, 2.45) is 0 Å². The maximum atomic E-state index is 12.0. The van der Waals surface area contributed by atoms with E-state index in [1.165, 1.54) is 0 Å². The van der Waals surface area contributed by atoms with Crippen LogP contribution in [0.25, 0.3) is 11.3 Å². The van der Waals surface area contributed by atoms with Crippen molar-refractivity contribution in [2.75, 3.05) is 11.5 Å². The zero-order valence-corrected chi connectivity index (χ0v) is 12.0. The average molecular weight is 306 g/mol. The monoisotopic (exact) mass is 306 g/mol. The molecule has 1 N–H and O–H groups in total. The topological polar surface area (TPSA) is 89.3 Å². The molecule has 0 saturated carbocycles. The Balaban J connectivity index is 1.70. The molecule has 1 amide bonds. The van der Waals surface area contributed by atoms with Crippen molar-refractivity contribution >= 4 is 15.7 Å². The maximum absolute atomic E-state index is 12.0. The summed E-state index contributed by atoms with van der Waals surface area (Å²) in [7, 11) is -3.02. The number of aromatic nitrogens is 1. The van der Waals surface area contributed by atoms with Gasteiger partial charge in [-0.15, -0.1) is 0 Å². The lowest BCUT2D eigenvalue weighted by Crippen LogP contribution is -2.35. The largest absolute Gasteiger partial charge is 0.350 e. The Morgan fingerprint density at radius 2 is 2.05 bits per heavy atom. The molecule has 7 heteroatoms. The molecule has 0 radical (unpaired) electrons. The molecule has 1 fully saturated rings. The minimum atomic E-state index is -3.02. The highest BCUT2D eigenvalue weighted by Gasteiger charge is 2.30. The SMILES string of the molecule is O=C(NC1CCS(=O)(=O)C1)c1cc(-c2ccccc2)no1. The Kier molecular flexibility index (Phi) is 3.50. The van der Waals surface area contributed by atoms with E-state index < -0.39 is 15.7 Å². The van der Waals surface area contributed by atoms with Gasteiger partial charge in [0.1, 0.15) is 5.69 Å². The van der Waals surface area contributed by atoms with Crippen LogP contribution in [-0.4, -0.2) is 37.0 Å². The fraction of sp³-hybridized carbons (Fsp3) is 0.286. The van der Waals surface area contributed by atoms with Gasteiger partial charge in [-0.1, -0.05) is 35.5 Å². The molecular weight excluding hydrogens is 292 g/mol. The van der Waals surface area contributed by atoms with Crippen LogP contribution in [0.4, 0.5) is 0 Å². The highest BCUT2D eigenvalue weighted by Crippen LogP contribution is 2.19. The summed E-state index contributed by atoms with van der Waals surface area (Å²) in [6.07, 6.45) is 0.438. The first-order valence-corrected chi connectivity index (χ1v) is 8.39. The van der Waals surface area contributed by atoms with E-state index in [2.05, 4.69) is 10.5 Å². The molecule has 1 aromatic carbocycles. The summed E-state index contributed by atoms with van der Waals surface area (Å²) in [5.74, 6) is -0.257. The molecule has 1 aliphatic rings. The van der Waals surface area contributed by atoms with Crippen LogP contribution in [0.1, 0.15) is 17.0 Å². The van der Waals surface area contributed by atoms with Crippen LogP contribution in [0.2, 0.25) is 0 Å². The number of benzene rings is 1. The van der Waals surface area contributed by atoms with Crippen molar-refractivity contribution in [1.29, 1.82) is 0 Å². The van der Waals surface area contributed by atoms with Gasteiger partial charge in [-0.3, -0.25) is 4.79 Å². The normalized spacial score (nSPS) is 20.3. The van der Waals surface area contributed by atoms with Crippen LogP contribution < -0.4 is 5.32 Å². The molecule has 0 spiro atoms. The first-order chi connectivity index (χ1) is 10.0. The fourth-order valence-corrected chi connectivity index (χ4v) is 3.97. The van der Waals surface area contributed by atoms with Gasteiger partial charge < -0.3 is 9.84 Å². The second-order valence-electron chi connectivity index (χ2n) is 5.02. The van der Waals surface area contributed by atoms with Gasteiger partial charge in [0.2, 0.25) is 5.76 Å². The van der Waals surface area contributed by atoms with Crippen molar-refractivity contribution in [3.05, 3.63) is 42.2 Å². The van der Waals surface area contributed by atoms with E-state index in [0.717, 1.165) is 5.56 Å². The summed E-state index contributed by atoms with van der Waals surface area (Å²) in [5, 5.41) is 6.52. The van der Waals surface area contributed by atoms with E-state index >= 15 is 0 Å². The van der Waals surface area contributed by atoms with E-state index in [4.69, 9.17) is 4.52 Å². The summed E-state index contributed by atoms with van der Waals surface area (Å²) in [6.45, 7) is 0. The van der Waals surface area contributed by atoms with Gasteiger partial charge >= 0.3 is 0 Å². The molecule has 21 heavy (non-hydrogen) atoms. The lowest BCUT2D eigenvalue weighted by molar-refractivity contribution is 0.0904. The maximum Gasteiger partial charge on any atom is 0.290 e. The van der Waals surface area contributed by atoms with Crippen LogP contribution in [0.5, 0.6) is 0 Å². The Morgan fingerprint density at radius 1 is 1.29 bits per heavy atom. The van der Waals surface area contributed by atoms with Crippen molar-refractivity contribution in [2.45, 2.75) is 12.5 Å². The van der Waals surface area contributed by atoms with Crippen molar-refractivity contribution in [3.63, 3.8) is 0 Å². The molecule has 1 saturated heterocycles. The molecule has 0 bridgehead atoms. The number of carbonyl (C=O) groups excluding carboxylic acids is 1. The molecule has 3 rings (SSSR count). The Bertz CT molecular complexity index is 752. The summed E-state index contributed by atoms with van der Waals surface area (Å²) >= 11 is 0. The molecule has 6 nitrogen and oxygen atoms in total. The average Bonchev–Trinajstić information content (AvgIpc) is 3.07. The second-order valence-corrected chi connectivity index (χ2v) is 7.24. The zero-order chi connectivity index (χ0) is 14.9. The number of amides is 1. The van der Waals surface area contributed by atoms with E-state index in [0.29, 0.717) is 12.1 Å². The Hall–Kier alpha value is -2.15. The van der Waals surface area contributed by atoms with E-state index in [1.54, 1.807) is 6.07 Å². The highest BCUT2D eigenvalue weighted by atomic mass is 32.2. The predicted octanol–water partition coefficient (Wildman–Crippen LogP) is 1.26. The smallest absolute Gasteiger partial charge is 0.290 e. The quantitative estimate of drug-likeness (QED) is 0.922. The van der Waals surface area contributed by atoms with Crippen LogP contribution in [0, 0.1) is 0 Å². The minimum Gasteiger partial charge on any atom is -0.350 e. The lowest BCUT2D eigenvalue weighted by Gasteiger charge is -2.07. The van der Waals surface area contributed by atoms with Crippen molar-refractivity contribution in [3.8, 4) is 11.3 Å². The molecule has 1 atom stereocenters. The first-order valence-electron chi connectivity index (χ1n) is 6.57. The van der Waals surface area contributed by atoms with Crippen LogP contribution in [0.3, 0.4) is 0 Å². The van der Waals surface area contributed by atoms with Gasteiger partial charge in [-0.25, -0.2) is 8.42 Å². The molecule has 2 heterocycles. The van der Waals surface area contributed by atoms with Gasteiger partial charge in [0.05, 0.1) is 11.5 Å². The third-order valence-corrected chi connectivity index (χ3v) is 5.14. The number of hydrogen-bond donors (Lipinski definition) is 1. The summed E-state index contributed by atoms with van der Waals surface area (Å²) in [4.78, 5) is 12.0. The number of sulfone groups is 1. The standard InChI is InChI=1S/C14H14N2O4S/c17-14(15-11-6-7-21(18,19)9-11)13-8-12(16-20-13)10-4-2-1-3-5-10/h1-5,8,11H,6-7,9H2,(H,15,17). The summed E-state index contributed by atoms with van der Waals surface area (Å²) < 4.78 is 27.8. The summed E-state index contributed by atoms with van der Waals surface area (Å²) in [6, 6.07) is 10.5. The van der Waals surface area contributed by atoms with Crippen LogP contribution >= 0.6 is 0 Å². The number of nitrogens with one attached hydrogen (secondary N) is 1. The third-order valence-electron chi connectivity index (χ3n) is 3.37. The highest BCUT2D eigenvalue weighted by molar-refractivity contribution is 7.91. The number of carbonyl (C=O) groups is 1. The van der Waals surface area contributed by atoms with Gasteiger partial charge in [0.15, 0.2) is 9.84 Å². The second kappa shape index (κ2) is 5.33. The van der Waals surface area contributed by atoms with E-state index in [1.807, 2.05) is 30.3 Å². The van der Waals surface area contributed by atoms with Gasteiger partial charge in [0, 0.05) is 17.7 Å². The van der Waals surface area contributed by atoms with Crippen molar-refractivity contribution in [1.82, 2.24) is 10.5 Å². The molecule has 1 aromatic heterocycles. The van der Waals surface area contributed by atoms with Gasteiger partial charge in [-0.2, -0.15) is 0 Å². The zero-order valence-electron chi connectivity index (χ0n) is 11.2. The fourth-order valence-electron chi connectivity index (χ4n) is 2.29. The number of hydrogen-bond acceptors (Lipinski definition) is 5. The first kappa shape index (κ1) is 13.8. The molecule has 110 valence electrons. The molecule has 0 aliphatic carbocycles. The summed E-state index contributed by atoms with van der Waals surface area (Å²) in [5.41, 5.74) is 1.42. The number of nitrogens with zero attached hydrogens (tertiary/aromatic N) is 1. The van der Waals surface area contributed by atoms with Crippen molar-refractivity contribution < 1.29 is 17.7 Å². The van der Waals surface area contributed by atoms with E-state index in [9.17, 15) is 13.2 Å². The van der Waals surface area contributed by atoms with Crippen LogP contribution in [0.15, 0.2) is 40.9 Å². The van der Waals surface area contributed by atoms with Gasteiger partial charge in [-0.05, 0) is 6.42 Å². The van der Waals surface area contributed by atoms with E-state index in [-0.39, 0.29) is 23.3 Å². The Morgan fingerprint density at radius 3 is 2.71 bits per heavy atom. The molecule has 1 unspecified atom stereocenters. The predicted molar refractivity (Wildman–Crippen MR) is 76.5 cm³/mol. The number of rotatable bonds is 3. The molecule has 1 aliphatic heterocycles.